The van der Waals surface area contributed by atoms with Gasteiger partial charge in [0.1, 0.15) is 12.6 Å². The number of aryl methyl sites for hydroxylation is 2. The number of nitrogens with zero attached hydrogens (tertiary/aromatic N) is 1. The van der Waals surface area contributed by atoms with E-state index in [9.17, 15) is 4.79 Å². The van der Waals surface area contributed by atoms with E-state index in [1.165, 1.54) is 55.6 Å². The summed E-state index contributed by atoms with van der Waals surface area (Å²) < 4.78 is 4.97. The first kappa shape index (κ1) is 50.5. The van der Waals surface area contributed by atoms with Gasteiger partial charge in [0.05, 0.1) is 9.49 Å². The van der Waals surface area contributed by atoms with Crippen LogP contribution < -0.4 is 5.32 Å². The van der Waals surface area contributed by atoms with Crippen LogP contribution in [-0.4, -0.2) is 66.2 Å². The normalized spacial score (nSPS) is 12.7. The number of ether oxygens (including phenoxy) is 1. The van der Waals surface area contributed by atoms with Crippen LogP contribution in [0.3, 0.4) is 0 Å². The zero-order valence-corrected chi connectivity index (χ0v) is 43.7. The van der Waals surface area contributed by atoms with Crippen LogP contribution in [0.25, 0.3) is 11.1 Å². The van der Waals surface area contributed by atoms with Crippen molar-refractivity contribution in [3.63, 3.8) is 0 Å². The molecule has 0 unspecified atom stereocenters. The largest absolute Gasteiger partial charge is 0.449 e. The summed E-state index contributed by atoms with van der Waals surface area (Å²) in [6.45, 7) is 5.32. The first-order valence-corrected chi connectivity index (χ1v) is 28.2. The highest BCUT2D eigenvalue weighted by Crippen LogP contribution is 2.50. The fraction of sp³-hybridized carbons (Fsp3) is 0.219. The number of alkyl carbamates (subject to hydrolysis) is 1. The third-order valence-corrected chi connectivity index (χ3v) is 17.6. The molecule has 0 aromatic heterocycles. The molecule has 1 aliphatic rings. The van der Waals surface area contributed by atoms with Gasteiger partial charge < -0.3 is 15.0 Å². The summed E-state index contributed by atoms with van der Waals surface area (Å²) in [7, 11) is 0. The second-order valence-corrected chi connectivity index (χ2v) is 22.0. The minimum Gasteiger partial charge on any atom is -0.449 e. The summed E-state index contributed by atoms with van der Waals surface area (Å²) in [5, 5.41) is 3.10. The van der Waals surface area contributed by atoms with Gasteiger partial charge in [-0.1, -0.05) is 230 Å². The number of fused-ring (bicyclic) bond motifs is 3. The molecule has 8 aromatic carbocycles. The van der Waals surface area contributed by atoms with Crippen LogP contribution in [0.4, 0.5) is 4.79 Å². The van der Waals surface area contributed by atoms with Crippen molar-refractivity contribution in [1.82, 2.24) is 10.2 Å². The number of nitrogens with one attached hydrogen (secondary N) is 1. The second-order valence-electron chi connectivity index (χ2n) is 18.4. The van der Waals surface area contributed by atoms with Crippen LogP contribution in [0.15, 0.2) is 218 Å². The Hall–Kier alpha value is -6.45. The van der Waals surface area contributed by atoms with E-state index in [-0.39, 0.29) is 18.4 Å². The van der Waals surface area contributed by atoms with Crippen LogP contribution in [0.5, 0.6) is 0 Å². The van der Waals surface area contributed by atoms with E-state index in [0.29, 0.717) is 36.8 Å². The van der Waals surface area contributed by atoms with Crippen molar-refractivity contribution in [2.75, 3.05) is 43.2 Å². The van der Waals surface area contributed by atoms with Crippen LogP contribution >= 0.6 is 35.3 Å². The lowest BCUT2D eigenvalue weighted by molar-refractivity contribution is -0.132. The predicted octanol–water partition coefficient (Wildman–Crippen LogP) is 14.5. The monoisotopic (exact) mass is 1000 g/mol. The Kier molecular flexibility index (Phi) is 16.7. The quantitative estimate of drug-likeness (QED) is 0.0724. The van der Waals surface area contributed by atoms with E-state index < -0.39 is 21.6 Å². The van der Waals surface area contributed by atoms with Crippen molar-refractivity contribution >= 4 is 47.3 Å². The molecule has 0 bridgehead atoms. The predicted molar refractivity (Wildman–Crippen MR) is 304 cm³/mol. The smallest absolute Gasteiger partial charge is 0.407 e. The Labute approximate surface area is 439 Å². The van der Waals surface area contributed by atoms with Gasteiger partial charge in [0.25, 0.3) is 0 Å². The minimum absolute atomic E-state index is 0.0971. The number of benzene rings is 8. The zero-order valence-electron chi connectivity index (χ0n) is 41.3. The van der Waals surface area contributed by atoms with Crippen molar-refractivity contribution < 1.29 is 14.3 Å². The molecule has 0 fully saturated rings. The van der Waals surface area contributed by atoms with E-state index in [0.717, 1.165) is 11.1 Å². The summed E-state index contributed by atoms with van der Waals surface area (Å²) in [4.78, 5) is 31.6. The topological polar surface area (TPSA) is 58.6 Å². The maximum Gasteiger partial charge on any atom is 0.407 e. The van der Waals surface area contributed by atoms with E-state index in [2.05, 4.69) is 213 Å². The molecule has 8 heteroatoms. The Balaban J connectivity index is 1.04. The SMILES string of the molecule is CSCC[C@H](NC(=O)OCC1c2ccccc2-c2ccccc21)C(=O)N(CCSC(c1ccccc1)(c1ccccc1)c1ccc(C)cc1)CCSC(c1ccccc1)(c1ccccc1)c1ccc(C)cc1. The van der Waals surface area contributed by atoms with Crippen molar-refractivity contribution in [2.24, 2.45) is 0 Å². The molecule has 0 saturated carbocycles. The van der Waals surface area contributed by atoms with Crippen molar-refractivity contribution in [1.29, 1.82) is 0 Å². The summed E-state index contributed by atoms with van der Waals surface area (Å²) >= 11 is 5.36. The Morgan fingerprint density at radius 1 is 0.500 bits per heavy atom. The van der Waals surface area contributed by atoms with Gasteiger partial charge in [-0.25, -0.2) is 4.79 Å². The number of carbonyl (C=O) groups excluding carboxylic acids is 2. The fourth-order valence-electron chi connectivity index (χ4n) is 10.2. The number of hydrogen-bond acceptors (Lipinski definition) is 6. The van der Waals surface area contributed by atoms with E-state index in [1.54, 1.807) is 11.8 Å². The van der Waals surface area contributed by atoms with Gasteiger partial charge >= 0.3 is 6.09 Å². The average molecular weight is 1000 g/mol. The van der Waals surface area contributed by atoms with Crippen LogP contribution in [-0.2, 0) is 19.0 Å². The highest BCUT2D eigenvalue weighted by atomic mass is 32.2. The minimum atomic E-state index is -0.793. The molecule has 0 radical (unpaired) electrons. The van der Waals surface area contributed by atoms with E-state index >= 15 is 4.79 Å². The van der Waals surface area contributed by atoms with Gasteiger partial charge in [0, 0.05) is 30.5 Å². The van der Waals surface area contributed by atoms with Crippen molar-refractivity contribution in [3.8, 4) is 11.1 Å². The lowest BCUT2D eigenvalue weighted by Crippen LogP contribution is -2.50. The van der Waals surface area contributed by atoms with Gasteiger partial charge in [-0.15, -0.1) is 23.5 Å². The van der Waals surface area contributed by atoms with Gasteiger partial charge in [0.2, 0.25) is 5.91 Å². The molecular weight excluding hydrogens is 941 g/mol. The van der Waals surface area contributed by atoms with Gasteiger partial charge in [-0.05, 0) is 87.9 Å². The molecule has 1 aliphatic carbocycles. The van der Waals surface area contributed by atoms with Crippen molar-refractivity contribution in [3.05, 3.63) is 274 Å². The van der Waals surface area contributed by atoms with Crippen molar-refractivity contribution in [2.45, 2.75) is 41.7 Å². The highest BCUT2D eigenvalue weighted by Gasteiger charge is 2.40. The number of amides is 2. The first-order valence-electron chi connectivity index (χ1n) is 24.9. The molecular formula is C64H62N2O3S3. The summed E-state index contributed by atoms with van der Waals surface area (Å²) in [5.41, 5.74) is 14.0. The molecule has 0 saturated heterocycles. The van der Waals surface area contributed by atoms with E-state index in [4.69, 9.17) is 4.74 Å². The number of rotatable bonds is 21. The molecule has 1 atom stereocenters. The average Bonchev–Trinajstić information content (AvgIpc) is 3.75. The fourth-order valence-corrected chi connectivity index (χ4v) is 13.7. The Morgan fingerprint density at radius 2 is 0.861 bits per heavy atom. The lowest BCUT2D eigenvalue weighted by Gasteiger charge is -2.37. The molecule has 8 aromatic rings. The summed E-state index contributed by atoms with van der Waals surface area (Å²) in [6.07, 6.45) is 1.91. The lowest BCUT2D eigenvalue weighted by atomic mass is 9.84. The third kappa shape index (κ3) is 11.0. The van der Waals surface area contributed by atoms with Crippen LogP contribution in [0.2, 0.25) is 0 Å². The highest BCUT2D eigenvalue weighted by molar-refractivity contribution is 8.01. The molecule has 9 rings (SSSR count). The first-order chi connectivity index (χ1) is 35.3. The van der Waals surface area contributed by atoms with Gasteiger partial charge in [-0.2, -0.15) is 11.8 Å². The Bertz CT molecular complexity index is 2750. The molecule has 72 heavy (non-hydrogen) atoms. The molecule has 5 nitrogen and oxygen atoms in total. The number of carbonyl (C=O) groups is 2. The molecule has 0 spiro atoms. The number of hydrogen-bond donors (Lipinski definition) is 1. The van der Waals surface area contributed by atoms with Gasteiger partial charge in [-0.3, -0.25) is 4.79 Å². The molecule has 2 amide bonds. The molecule has 1 N–H and O–H groups in total. The van der Waals surface area contributed by atoms with Crippen LogP contribution in [0, 0.1) is 13.8 Å². The maximum atomic E-state index is 15.5. The Morgan fingerprint density at radius 3 is 1.25 bits per heavy atom. The molecule has 0 heterocycles. The van der Waals surface area contributed by atoms with Gasteiger partial charge in [0.15, 0.2) is 0 Å². The number of thioether (sulfide) groups is 3. The van der Waals surface area contributed by atoms with E-state index in [1.807, 2.05) is 58.9 Å². The van der Waals surface area contributed by atoms with Crippen LogP contribution in [0.1, 0.15) is 68.0 Å². The molecule has 0 aliphatic heterocycles. The zero-order chi connectivity index (χ0) is 49.8. The third-order valence-electron chi connectivity index (χ3n) is 13.9. The standard InChI is InChI=1S/C64H62N2O3S3/c1-47-32-36-53(37-33-47)63(49-20-8-4-9-21-49,50-22-10-5-11-23-50)71-44-41-66(42-45-72-64(51-24-12-6-13-25-51,52-26-14-7-15-27-52)54-38-34-48(2)35-39-54)61(67)60(40-43-70-3)65-62(68)69-46-59-57-30-18-16-28-55(57)56-29-17-19-31-58(56)59/h4-39,59-60H,40-46H2,1-3H3,(H,65,68)/t60-/m0/s1. The molecule has 364 valence electrons. The maximum absolute atomic E-state index is 15.5. The summed E-state index contributed by atoms with van der Waals surface area (Å²) in [6, 6.07) is 76.5. The summed E-state index contributed by atoms with van der Waals surface area (Å²) in [5.74, 6) is 1.72. The second kappa shape index (κ2) is 23.8.